The molecule has 1 rings (SSSR count). The van der Waals surface area contributed by atoms with E-state index in [1.807, 2.05) is 26.0 Å². The predicted octanol–water partition coefficient (Wildman–Crippen LogP) is 2.07. The van der Waals surface area contributed by atoms with Crippen molar-refractivity contribution in [1.29, 1.82) is 0 Å². The van der Waals surface area contributed by atoms with Crippen molar-refractivity contribution in [2.75, 3.05) is 0 Å². The van der Waals surface area contributed by atoms with Crippen LogP contribution in [0.25, 0.3) is 0 Å². The molecule has 0 saturated heterocycles. The molecule has 0 aromatic heterocycles. The van der Waals surface area contributed by atoms with Gasteiger partial charge in [-0.15, -0.1) is 0 Å². The van der Waals surface area contributed by atoms with Crippen LogP contribution in [-0.2, 0) is 0 Å². The van der Waals surface area contributed by atoms with Crippen LogP contribution in [0, 0.1) is 0 Å². The van der Waals surface area contributed by atoms with E-state index in [-0.39, 0.29) is 5.43 Å². The Morgan fingerprint density at radius 2 is 1.30 bits per heavy atom. The first-order chi connectivity index (χ1) is 4.89. The third kappa shape index (κ3) is 3.84. The molecule has 1 heteroatoms. The van der Waals surface area contributed by atoms with Crippen molar-refractivity contribution in [3.63, 3.8) is 0 Å². The van der Waals surface area contributed by atoms with Crippen molar-refractivity contribution >= 4 is 0 Å². The van der Waals surface area contributed by atoms with Crippen LogP contribution in [0.2, 0.25) is 0 Å². The molecular weight excluding hydrogens is 124 g/mol. The van der Waals surface area contributed by atoms with Gasteiger partial charge in [0.2, 0.25) is 0 Å². The average molecular weight is 136 g/mol. The van der Waals surface area contributed by atoms with E-state index >= 15 is 0 Å². The Morgan fingerprint density at radius 1 is 0.900 bits per heavy atom. The van der Waals surface area contributed by atoms with Crippen LogP contribution in [0.3, 0.4) is 0 Å². The molecule has 0 N–H and O–H groups in total. The molecule has 0 unspecified atom stereocenters. The fourth-order valence-electron chi connectivity index (χ4n) is 0.485. The smallest absolute Gasteiger partial charge is 0.178 e. The lowest BCUT2D eigenvalue weighted by Gasteiger charge is -1.56. The van der Waals surface area contributed by atoms with Crippen molar-refractivity contribution in [3.8, 4) is 0 Å². The van der Waals surface area contributed by atoms with E-state index in [1.165, 1.54) is 12.1 Å². The number of rotatable bonds is 0. The highest BCUT2D eigenvalue weighted by Gasteiger charge is 1.69. The Labute approximate surface area is 61.3 Å². The highest BCUT2D eigenvalue weighted by molar-refractivity contribution is 5.00. The first-order valence-electron chi connectivity index (χ1n) is 3.45. The van der Waals surface area contributed by atoms with Crippen molar-refractivity contribution in [1.82, 2.24) is 0 Å². The maximum atomic E-state index is 10.5. The molecule has 0 aliphatic heterocycles. The molecule has 1 nitrogen and oxygen atoms in total. The SMILES string of the molecule is CC.O=c1cccccc1. The lowest BCUT2D eigenvalue weighted by atomic mass is 10.5. The summed E-state index contributed by atoms with van der Waals surface area (Å²) < 4.78 is 0. The van der Waals surface area contributed by atoms with E-state index in [4.69, 9.17) is 0 Å². The average Bonchev–Trinajstić information content (AvgIpc) is 2.21. The Kier molecular flexibility index (Phi) is 5.35. The Bertz CT molecular complexity index is 195. The molecule has 10 heavy (non-hydrogen) atoms. The fourth-order valence-corrected chi connectivity index (χ4v) is 0.485. The molecule has 0 amide bonds. The van der Waals surface area contributed by atoms with Crippen LogP contribution < -0.4 is 5.43 Å². The molecule has 54 valence electrons. The van der Waals surface area contributed by atoms with Crippen molar-refractivity contribution in [2.45, 2.75) is 13.8 Å². The summed E-state index contributed by atoms with van der Waals surface area (Å²) in [5.74, 6) is 0. The molecule has 1 aromatic rings. The Hall–Kier alpha value is -1.11. The predicted molar refractivity (Wildman–Crippen MR) is 44.1 cm³/mol. The van der Waals surface area contributed by atoms with Gasteiger partial charge in [0.15, 0.2) is 5.43 Å². The summed E-state index contributed by atoms with van der Waals surface area (Å²) in [6.07, 6.45) is 0. The van der Waals surface area contributed by atoms with Crippen LogP contribution >= 0.6 is 0 Å². The van der Waals surface area contributed by atoms with Crippen LogP contribution in [0.15, 0.2) is 41.2 Å². The lowest BCUT2D eigenvalue weighted by molar-refractivity contribution is 1.50. The van der Waals surface area contributed by atoms with Gasteiger partial charge in [0.25, 0.3) is 0 Å². The second-order valence-electron chi connectivity index (χ2n) is 1.51. The standard InChI is InChI=1S/C7H6O.C2H6/c8-7-5-3-1-2-4-6-7;1-2/h1-6H;1-2H3. The molecule has 0 saturated carbocycles. The van der Waals surface area contributed by atoms with E-state index in [0.29, 0.717) is 0 Å². The first-order valence-corrected chi connectivity index (χ1v) is 3.45. The van der Waals surface area contributed by atoms with E-state index in [0.717, 1.165) is 0 Å². The molecule has 0 fully saturated rings. The number of hydrogen-bond acceptors (Lipinski definition) is 1. The van der Waals surface area contributed by atoms with Crippen LogP contribution in [0.4, 0.5) is 0 Å². The zero-order chi connectivity index (χ0) is 7.82. The monoisotopic (exact) mass is 136 g/mol. The van der Waals surface area contributed by atoms with Crippen LogP contribution in [0.1, 0.15) is 13.8 Å². The van der Waals surface area contributed by atoms with Gasteiger partial charge in [0, 0.05) is 0 Å². The van der Waals surface area contributed by atoms with Gasteiger partial charge in [-0.1, -0.05) is 38.1 Å². The molecule has 0 bridgehead atoms. The van der Waals surface area contributed by atoms with E-state index < -0.39 is 0 Å². The molecular formula is C9H12O. The minimum atomic E-state index is 0.0509. The quantitative estimate of drug-likeness (QED) is 0.533. The summed E-state index contributed by atoms with van der Waals surface area (Å²) in [7, 11) is 0. The van der Waals surface area contributed by atoms with Gasteiger partial charge in [-0.05, 0) is 12.1 Å². The zero-order valence-corrected chi connectivity index (χ0v) is 6.37. The fraction of sp³-hybridized carbons (Fsp3) is 0.222. The van der Waals surface area contributed by atoms with Gasteiger partial charge in [-0.25, -0.2) is 0 Å². The zero-order valence-electron chi connectivity index (χ0n) is 6.37. The minimum absolute atomic E-state index is 0.0509. The van der Waals surface area contributed by atoms with Gasteiger partial charge >= 0.3 is 0 Å². The summed E-state index contributed by atoms with van der Waals surface area (Å²) >= 11 is 0. The third-order valence-corrected chi connectivity index (χ3v) is 0.854. The van der Waals surface area contributed by atoms with Crippen LogP contribution in [-0.4, -0.2) is 0 Å². The van der Waals surface area contributed by atoms with E-state index in [1.54, 1.807) is 12.1 Å². The topological polar surface area (TPSA) is 17.1 Å². The summed E-state index contributed by atoms with van der Waals surface area (Å²) in [4.78, 5) is 10.5. The molecule has 0 radical (unpaired) electrons. The highest BCUT2D eigenvalue weighted by atomic mass is 16.1. The van der Waals surface area contributed by atoms with Gasteiger partial charge < -0.3 is 0 Å². The molecule has 0 aliphatic carbocycles. The molecule has 0 spiro atoms. The van der Waals surface area contributed by atoms with Crippen molar-refractivity contribution in [2.24, 2.45) is 0 Å². The molecule has 0 atom stereocenters. The molecule has 1 aromatic carbocycles. The maximum absolute atomic E-state index is 10.5. The summed E-state index contributed by atoms with van der Waals surface area (Å²) in [6.45, 7) is 4.00. The normalized spacial score (nSPS) is 7.40. The lowest BCUT2D eigenvalue weighted by Crippen LogP contribution is -1.87. The van der Waals surface area contributed by atoms with Gasteiger partial charge in [0.05, 0.1) is 0 Å². The summed E-state index contributed by atoms with van der Waals surface area (Å²) in [5.41, 5.74) is 0.0509. The van der Waals surface area contributed by atoms with Gasteiger partial charge in [-0.2, -0.15) is 0 Å². The van der Waals surface area contributed by atoms with Crippen molar-refractivity contribution in [3.05, 3.63) is 46.6 Å². The van der Waals surface area contributed by atoms with Gasteiger partial charge in [-0.3, -0.25) is 4.79 Å². The molecule has 0 heterocycles. The summed E-state index contributed by atoms with van der Waals surface area (Å²) in [5, 5.41) is 0. The van der Waals surface area contributed by atoms with Crippen molar-refractivity contribution < 1.29 is 0 Å². The first kappa shape index (κ1) is 8.89. The van der Waals surface area contributed by atoms with E-state index in [9.17, 15) is 4.79 Å². The Balaban J connectivity index is 0.000000371. The Morgan fingerprint density at radius 3 is 1.70 bits per heavy atom. The minimum Gasteiger partial charge on any atom is -0.290 e. The second-order valence-corrected chi connectivity index (χ2v) is 1.51. The third-order valence-electron chi connectivity index (χ3n) is 0.854. The van der Waals surface area contributed by atoms with E-state index in [2.05, 4.69) is 0 Å². The highest BCUT2D eigenvalue weighted by Crippen LogP contribution is 1.73. The largest absolute Gasteiger partial charge is 0.290 e. The summed E-state index contributed by atoms with van der Waals surface area (Å²) in [6, 6.07) is 10.1. The van der Waals surface area contributed by atoms with Gasteiger partial charge in [0.1, 0.15) is 0 Å². The van der Waals surface area contributed by atoms with Crippen LogP contribution in [0.5, 0.6) is 0 Å². The number of hydrogen-bond donors (Lipinski definition) is 0. The molecule has 0 aliphatic rings. The second kappa shape index (κ2) is 6.02. The maximum Gasteiger partial charge on any atom is 0.178 e.